The third-order valence-electron chi connectivity index (χ3n) is 4.48. The van der Waals surface area contributed by atoms with Crippen LogP contribution in [-0.2, 0) is 14.8 Å². The number of hydrogen-bond acceptors (Lipinski definition) is 5. The van der Waals surface area contributed by atoms with Crippen LogP contribution in [0.1, 0.15) is 0 Å². The Morgan fingerprint density at radius 1 is 1.04 bits per heavy atom. The second-order valence-corrected chi connectivity index (χ2v) is 8.52. The van der Waals surface area contributed by atoms with Gasteiger partial charge >= 0.3 is 0 Å². The van der Waals surface area contributed by atoms with E-state index in [1.165, 1.54) is 23.5 Å². The Kier molecular flexibility index (Phi) is 6.43. The number of hydrogen-bond donors (Lipinski definition) is 0. The lowest BCUT2D eigenvalue weighted by Gasteiger charge is -2.34. The fraction of sp³-hybridized carbons (Fsp3) is 0.316. The highest BCUT2D eigenvalue weighted by atomic mass is 35.5. The molecule has 0 spiro atoms. The van der Waals surface area contributed by atoms with Gasteiger partial charge in [-0.15, -0.1) is 0 Å². The summed E-state index contributed by atoms with van der Waals surface area (Å²) in [7, 11) is -2.08. The van der Waals surface area contributed by atoms with Crippen molar-refractivity contribution in [2.45, 2.75) is 4.90 Å². The summed E-state index contributed by atoms with van der Waals surface area (Å²) >= 11 is 6.01. The standard InChI is InChI=1S/C19H21ClN2O5S/c1-26-15-6-8-16(9-7-15)28(24,25)22-12-10-21(11-13-22)19(23)14-27-18-5-3-2-4-17(18)20/h2-9H,10-14H2,1H3. The fourth-order valence-electron chi connectivity index (χ4n) is 2.87. The molecule has 0 N–H and O–H groups in total. The number of piperazine rings is 1. The van der Waals surface area contributed by atoms with Crippen LogP contribution in [0.4, 0.5) is 0 Å². The molecule has 3 rings (SSSR count). The Hall–Kier alpha value is -2.29. The monoisotopic (exact) mass is 424 g/mol. The largest absolute Gasteiger partial charge is 0.497 e. The quantitative estimate of drug-likeness (QED) is 0.711. The zero-order chi connectivity index (χ0) is 20.1. The van der Waals surface area contributed by atoms with Gasteiger partial charge in [-0.2, -0.15) is 4.31 Å². The van der Waals surface area contributed by atoms with Gasteiger partial charge in [-0.3, -0.25) is 4.79 Å². The van der Waals surface area contributed by atoms with Gasteiger partial charge in [0.15, 0.2) is 6.61 Å². The maximum absolute atomic E-state index is 12.8. The Morgan fingerprint density at radius 2 is 1.68 bits per heavy atom. The highest BCUT2D eigenvalue weighted by molar-refractivity contribution is 7.89. The van der Waals surface area contributed by atoms with Crippen LogP contribution in [0.5, 0.6) is 11.5 Å². The molecule has 1 aliphatic heterocycles. The maximum atomic E-state index is 12.8. The Labute approximate surface area is 169 Å². The summed E-state index contributed by atoms with van der Waals surface area (Å²) in [5.41, 5.74) is 0. The van der Waals surface area contributed by atoms with Gasteiger partial charge < -0.3 is 14.4 Å². The van der Waals surface area contributed by atoms with Crippen LogP contribution < -0.4 is 9.47 Å². The Balaban J connectivity index is 1.55. The molecular formula is C19H21ClN2O5S. The first-order valence-corrected chi connectivity index (χ1v) is 10.5. The summed E-state index contributed by atoms with van der Waals surface area (Å²) in [6.45, 7) is 0.924. The molecular weight excluding hydrogens is 404 g/mol. The van der Waals surface area contributed by atoms with Crippen LogP contribution in [-0.4, -0.2) is 63.4 Å². The van der Waals surface area contributed by atoms with E-state index in [1.54, 1.807) is 41.3 Å². The summed E-state index contributed by atoms with van der Waals surface area (Å²) in [4.78, 5) is 14.2. The third-order valence-corrected chi connectivity index (χ3v) is 6.70. The minimum atomic E-state index is -3.61. The molecule has 1 saturated heterocycles. The first kappa shape index (κ1) is 20.4. The minimum Gasteiger partial charge on any atom is -0.497 e. The molecule has 0 bridgehead atoms. The average molecular weight is 425 g/mol. The topological polar surface area (TPSA) is 76.2 Å². The first-order valence-electron chi connectivity index (χ1n) is 8.71. The zero-order valence-electron chi connectivity index (χ0n) is 15.4. The molecule has 7 nitrogen and oxygen atoms in total. The number of ether oxygens (including phenoxy) is 2. The van der Waals surface area contributed by atoms with Gasteiger partial charge in [0.25, 0.3) is 5.91 Å². The molecule has 150 valence electrons. The molecule has 28 heavy (non-hydrogen) atoms. The molecule has 1 fully saturated rings. The summed E-state index contributed by atoms with van der Waals surface area (Å²) in [6.07, 6.45) is 0. The summed E-state index contributed by atoms with van der Waals surface area (Å²) in [5, 5.41) is 0.436. The summed E-state index contributed by atoms with van der Waals surface area (Å²) in [5.74, 6) is 0.826. The van der Waals surface area contributed by atoms with E-state index in [0.29, 0.717) is 29.6 Å². The number of sulfonamides is 1. The van der Waals surface area contributed by atoms with E-state index in [2.05, 4.69) is 0 Å². The van der Waals surface area contributed by atoms with Gasteiger partial charge in [0.1, 0.15) is 11.5 Å². The second kappa shape index (κ2) is 8.81. The van der Waals surface area contributed by atoms with Crippen LogP contribution in [0.25, 0.3) is 0 Å². The second-order valence-electron chi connectivity index (χ2n) is 6.18. The molecule has 9 heteroatoms. The molecule has 0 unspecified atom stereocenters. The van der Waals surface area contributed by atoms with E-state index < -0.39 is 10.0 Å². The van der Waals surface area contributed by atoms with Crippen LogP contribution >= 0.6 is 11.6 Å². The van der Waals surface area contributed by atoms with Crippen LogP contribution in [0.15, 0.2) is 53.4 Å². The van der Waals surface area contributed by atoms with Gasteiger partial charge in [-0.1, -0.05) is 23.7 Å². The van der Waals surface area contributed by atoms with Crippen LogP contribution in [0.3, 0.4) is 0 Å². The number of nitrogens with zero attached hydrogens (tertiary/aromatic N) is 2. The molecule has 2 aromatic rings. The fourth-order valence-corrected chi connectivity index (χ4v) is 4.48. The lowest BCUT2D eigenvalue weighted by atomic mass is 10.3. The van der Waals surface area contributed by atoms with E-state index in [-0.39, 0.29) is 30.5 Å². The number of benzene rings is 2. The van der Waals surface area contributed by atoms with Crippen molar-refractivity contribution >= 4 is 27.5 Å². The number of rotatable bonds is 6. The lowest BCUT2D eigenvalue weighted by Crippen LogP contribution is -2.51. The van der Waals surface area contributed by atoms with E-state index in [0.717, 1.165) is 0 Å². The van der Waals surface area contributed by atoms with E-state index in [9.17, 15) is 13.2 Å². The number of para-hydroxylation sites is 1. The van der Waals surface area contributed by atoms with Gasteiger partial charge in [0.05, 0.1) is 17.0 Å². The van der Waals surface area contributed by atoms with Crippen LogP contribution in [0.2, 0.25) is 5.02 Å². The molecule has 2 aromatic carbocycles. The van der Waals surface area contributed by atoms with Crippen molar-refractivity contribution in [2.24, 2.45) is 0 Å². The highest BCUT2D eigenvalue weighted by Gasteiger charge is 2.30. The predicted octanol–water partition coefficient (Wildman–Crippen LogP) is 2.26. The smallest absolute Gasteiger partial charge is 0.260 e. The predicted molar refractivity (Wildman–Crippen MR) is 105 cm³/mol. The van der Waals surface area contributed by atoms with E-state index in [1.807, 2.05) is 0 Å². The van der Waals surface area contributed by atoms with E-state index >= 15 is 0 Å². The first-order chi connectivity index (χ1) is 13.4. The van der Waals surface area contributed by atoms with Crippen LogP contribution in [0, 0.1) is 0 Å². The van der Waals surface area contributed by atoms with Crippen molar-refractivity contribution in [1.82, 2.24) is 9.21 Å². The molecule has 0 aliphatic carbocycles. The van der Waals surface area contributed by atoms with Crippen molar-refractivity contribution < 1.29 is 22.7 Å². The zero-order valence-corrected chi connectivity index (χ0v) is 16.9. The highest BCUT2D eigenvalue weighted by Crippen LogP contribution is 2.23. The Morgan fingerprint density at radius 3 is 2.29 bits per heavy atom. The van der Waals surface area contributed by atoms with Crippen molar-refractivity contribution in [1.29, 1.82) is 0 Å². The van der Waals surface area contributed by atoms with Gasteiger partial charge in [-0.25, -0.2) is 8.42 Å². The molecule has 0 aromatic heterocycles. The molecule has 1 amide bonds. The van der Waals surface area contributed by atoms with Crippen molar-refractivity contribution in [3.8, 4) is 11.5 Å². The van der Waals surface area contributed by atoms with Gasteiger partial charge in [0, 0.05) is 26.2 Å². The molecule has 0 atom stereocenters. The maximum Gasteiger partial charge on any atom is 0.260 e. The summed E-state index contributed by atoms with van der Waals surface area (Å²) in [6, 6.07) is 13.2. The molecule has 0 radical (unpaired) electrons. The molecule has 1 heterocycles. The minimum absolute atomic E-state index is 0.144. The number of amides is 1. The average Bonchev–Trinajstić information content (AvgIpc) is 2.73. The van der Waals surface area contributed by atoms with Crippen molar-refractivity contribution in [3.63, 3.8) is 0 Å². The van der Waals surface area contributed by atoms with Gasteiger partial charge in [0.2, 0.25) is 10.0 Å². The Bertz CT molecular complexity index is 926. The number of halogens is 1. The summed E-state index contributed by atoms with van der Waals surface area (Å²) < 4.78 is 37.4. The van der Waals surface area contributed by atoms with Crippen molar-refractivity contribution in [2.75, 3.05) is 39.9 Å². The molecule has 1 aliphatic rings. The van der Waals surface area contributed by atoms with Gasteiger partial charge in [-0.05, 0) is 36.4 Å². The third kappa shape index (κ3) is 4.57. The molecule has 0 saturated carbocycles. The normalized spacial score (nSPS) is 15.3. The SMILES string of the molecule is COc1ccc(S(=O)(=O)N2CCN(C(=O)COc3ccccc3Cl)CC2)cc1. The number of methoxy groups -OCH3 is 1. The lowest BCUT2D eigenvalue weighted by molar-refractivity contribution is -0.134. The number of carbonyl (C=O) groups is 1. The number of carbonyl (C=O) groups excluding carboxylic acids is 1. The van der Waals surface area contributed by atoms with E-state index in [4.69, 9.17) is 21.1 Å². The van der Waals surface area contributed by atoms with Crippen molar-refractivity contribution in [3.05, 3.63) is 53.6 Å².